The number of aryl methyl sites for hydroxylation is 3. The van der Waals surface area contributed by atoms with E-state index in [4.69, 9.17) is 0 Å². The van der Waals surface area contributed by atoms with E-state index >= 15 is 0 Å². The summed E-state index contributed by atoms with van der Waals surface area (Å²) in [5, 5.41) is 4.12. The predicted molar refractivity (Wildman–Crippen MR) is 78.7 cm³/mol. The van der Waals surface area contributed by atoms with Crippen LogP contribution < -0.4 is 5.56 Å². The van der Waals surface area contributed by atoms with Crippen LogP contribution in [0.5, 0.6) is 0 Å². The van der Waals surface area contributed by atoms with Crippen LogP contribution >= 0.6 is 11.3 Å². The number of aromatic nitrogens is 4. The summed E-state index contributed by atoms with van der Waals surface area (Å²) in [6.07, 6.45) is 6.16. The van der Waals surface area contributed by atoms with Gasteiger partial charge in [-0.3, -0.25) is 9.89 Å². The molecule has 102 valence electrons. The topological polar surface area (TPSA) is 63.6 Å². The number of aromatic amines is 1. The molecular weight excluding hydrogens is 272 g/mol. The van der Waals surface area contributed by atoms with Gasteiger partial charge >= 0.3 is 0 Å². The first-order valence-corrected chi connectivity index (χ1v) is 7.60. The minimum atomic E-state index is -0.0711. The molecule has 0 radical (unpaired) electrons. The fourth-order valence-electron chi connectivity index (χ4n) is 2.91. The molecule has 0 spiro atoms. The standard InChI is InChI=1S/C14H14N4OS/c1-8-6-11(19)18(17-8)13-12-9-4-2-3-5-10(9)20-14(12)16-7-15-13/h6-7,17H,2-5H2,1H3. The first-order chi connectivity index (χ1) is 9.74. The fourth-order valence-corrected chi connectivity index (χ4v) is 4.14. The van der Waals surface area contributed by atoms with Crippen LogP contribution in [0.25, 0.3) is 16.0 Å². The minimum absolute atomic E-state index is 0.0711. The molecule has 0 atom stereocenters. The summed E-state index contributed by atoms with van der Waals surface area (Å²) in [5.41, 5.74) is 2.11. The second-order valence-electron chi connectivity index (χ2n) is 5.20. The quantitative estimate of drug-likeness (QED) is 0.747. The van der Waals surface area contributed by atoms with Gasteiger partial charge in [-0.05, 0) is 38.2 Å². The van der Waals surface area contributed by atoms with Crippen LogP contribution in [0.1, 0.15) is 29.0 Å². The lowest BCUT2D eigenvalue weighted by Gasteiger charge is -2.11. The molecule has 0 fully saturated rings. The van der Waals surface area contributed by atoms with E-state index in [1.807, 2.05) is 6.92 Å². The average molecular weight is 286 g/mol. The van der Waals surface area contributed by atoms with Crippen LogP contribution in [-0.4, -0.2) is 19.7 Å². The van der Waals surface area contributed by atoms with Crippen LogP contribution in [0, 0.1) is 6.92 Å². The monoisotopic (exact) mass is 286 g/mol. The molecule has 1 aliphatic carbocycles. The molecule has 0 aromatic carbocycles. The molecule has 4 rings (SSSR count). The summed E-state index contributed by atoms with van der Waals surface area (Å²) in [5.74, 6) is 0.688. The van der Waals surface area contributed by atoms with E-state index in [9.17, 15) is 4.79 Å². The number of nitrogens with one attached hydrogen (secondary N) is 1. The number of H-pyrrole nitrogens is 1. The lowest BCUT2D eigenvalue weighted by molar-refractivity contribution is 0.699. The first-order valence-electron chi connectivity index (χ1n) is 6.78. The SMILES string of the molecule is Cc1cc(=O)n(-c2ncnc3sc4c(c23)CCCC4)[nH]1. The van der Waals surface area contributed by atoms with Gasteiger partial charge in [0.1, 0.15) is 11.2 Å². The average Bonchev–Trinajstić information content (AvgIpc) is 2.98. The number of hydrogen-bond donors (Lipinski definition) is 1. The third kappa shape index (κ3) is 1.64. The zero-order valence-corrected chi connectivity index (χ0v) is 12.0. The van der Waals surface area contributed by atoms with Gasteiger partial charge in [0, 0.05) is 16.6 Å². The lowest BCUT2D eigenvalue weighted by Crippen LogP contribution is -2.16. The van der Waals surface area contributed by atoms with E-state index in [0.717, 1.165) is 28.8 Å². The molecule has 6 heteroatoms. The van der Waals surface area contributed by atoms with Crippen molar-refractivity contribution in [3.63, 3.8) is 0 Å². The Balaban J connectivity index is 2.07. The molecule has 0 saturated carbocycles. The summed E-state index contributed by atoms with van der Waals surface area (Å²) < 4.78 is 1.53. The zero-order valence-electron chi connectivity index (χ0n) is 11.1. The first kappa shape index (κ1) is 11.8. The van der Waals surface area contributed by atoms with E-state index in [-0.39, 0.29) is 5.56 Å². The predicted octanol–water partition coefficient (Wildman–Crippen LogP) is 2.36. The van der Waals surface area contributed by atoms with Crippen molar-refractivity contribution in [2.75, 3.05) is 0 Å². The van der Waals surface area contributed by atoms with E-state index < -0.39 is 0 Å². The molecule has 3 heterocycles. The maximum Gasteiger partial charge on any atom is 0.272 e. The maximum absolute atomic E-state index is 12.0. The molecule has 1 N–H and O–H groups in total. The number of rotatable bonds is 1. The summed E-state index contributed by atoms with van der Waals surface area (Å²) in [4.78, 5) is 23.2. The van der Waals surface area contributed by atoms with Crippen LogP contribution in [-0.2, 0) is 12.8 Å². The normalized spacial score (nSPS) is 14.7. The molecule has 3 aromatic heterocycles. The highest BCUT2D eigenvalue weighted by atomic mass is 32.1. The second-order valence-corrected chi connectivity index (χ2v) is 6.28. The molecule has 0 bridgehead atoms. The van der Waals surface area contributed by atoms with Crippen LogP contribution in [0.3, 0.4) is 0 Å². The Morgan fingerprint density at radius 1 is 1.30 bits per heavy atom. The molecule has 1 aliphatic rings. The largest absolute Gasteiger partial charge is 0.294 e. The molecule has 0 unspecified atom stereocenters. The molecule has 5 nitrogen and oxygen atoms in total. The maximum atomic E-state index is 12.0. The van der Waals surface area contributed by atoms with Crippen LogP contribution in [0.2, 0.25) is 0 Å². The van der Waals surface area contributed by atoms with E-state index in [2.05, 4.69) is 15.1 Å². The summed E-state index contributed by atoms with van der Waals surface area (Å²) in [6, 6.07) is 1.59. The van der Waals surface area contributed by atoms with Crippen molar-refractivity contribution in [1.82, 2.24) is 19.7 Å². The van der Waals surface area contributed by atoms with Gasteiger partial charge in [-0.1, -0.05) is 0 Å². The smallest absolute Gasteiger partial charge is 0.272 e. The molecule has 0 amide bonds. The van der Waals surface area contributed by atoms with Crippen LogP contribution in [0.4, 0.5) is 0 Å². The molecule has 20 heavy (non-hydrogen) atoms. The van der Waals surface area contributed by atoms with Crippen molar-refractivity contribution in [2.45, 2.75) is 32.6 Å². The molecule has 3 aromatic rings. The van der Waals surface area contributed by atoms with Gasteiger partial charge < -0.3 is 0 Å². The summed E-state index contributed by atoms with van der Waals surface area (Å²) in [6.45, 7) is 1.87. The Hall–Kier alpha value is -1.95. The third-order valence-corrected chi connectivity index (χ3v) is 4.99. The minimum Gasteiger partial charge on any atom is -0.294 e. The fraction of sp³-hybridized carbons (Fsp3) is 0.357. The van der Waals surface area contributed by atoms with Gasteiger partial charge in [0.2, 0.25) is 0 Å². The van der Waals surface area contributed by atoms with Crippen molar-refractivity contribution >= 4 is 21.6 Å². The Morgan fingerprint density at radius 3 is 2.95 bits per heavy atom. The Bertz CT molecular complexity index is 858. The van der Waals surface area contributed by atoms with Gasteiger partial charge in [0.15, 0.2) is 5.82 Å². The molecule has 0 saturated heterocycles. The van der Waals surface area contributed by atoms with E-state index in [0.29, 0.717) is 5.82 Å². The zero-order chi connectivity index (χ0) is 13.7. The summed E-state index contributed by atoms with van der Waals surface area (Å²) in [7, 11) is 0. The van der Waals surface area contributed by atoms with Crippen LogP contribution in [0.15, 0.2) is 17.2 Å². The molecular formula is C14H14N4OS. The van der Waals surface area contributed by atoms with Gasteiger partial charge in [-0.2, -0.15) is 0 Å². The number of nitrogens with zero attached hydrogens (tertiary/aromatic N) is 3. The highest BCUT2D eigenvalue weighted by molar-refractivity contribution is 7.18. The van der Waals surface area contributed by atoms with Crippen molar-refractivity contribution in [3.8, 4) is 5.82 Å². The van der Waals surface area contributed by atoms with Gasteiger partial charge in [0.25, 0.3) is 5.56 Å². The third-order valence-electron chi connectivity index (χ3n) is 3.79. The van der Waals surface area contributed by atoms with E-state index in [1.165, 1.54) is 28.0 Å². The number of hydrogen-bond acceptors (Lipinski definition) is 4. The Morgan fingerprint density at radius 2 is 2.15 bits per heavy atom. The van der Waals surface area contributed by atoms with Crippen molar-refractivity contribution in [3.05, 3.63) is 38.9 Å². The number of thiophene rings is 1. The number of fused-ring (bicyclic) bond motifs is 3. The van der Waals surface area contributed by atoms with Crippen molar-refractivity contribution < 1.29 is 0 Å². The van der Waals surface area contributed by atoms with Crippen molar-refractivity contribution in [2.24, 2.45) is 0 Å². The lowest BCUT2D eigenvalue weighted by atomic mass is 9.97. The van der Waals surface area contributed by atoms with Gasteiger partial charge in [0.05, 0.1) is 5.39 Å². The van der Waals surface area contributed by atoms with Crippen molar-refractivity contribution in [1.29, 1.82) is 0 Å². The second kappa shape index (κ2) is 4.28. The summed E-state index contributed by atoms with van der Waals surface area (Å²) >= 11 is 1.74. The Kier molecular flexibility index (Phi) is 2.53. The van der Waals surface area contributed by atoms with Gasteiger partial charge in [-0.25, -0.2) is 14.6 Å². The molecule has 0 aliphatic heterocycles. The van der Waals surface area contributed by atoms with E-state index in [1.54, 1.807) is 23.7 Å². The van der Waals surface area contributed by atoms with Gasteiger partial charge in [-0.15, -0.1) is 11.3 Å². The highest BCUT2D eigenvalue weighted by Crippen LogP contribution is 2.37. The Labute approximate surface area is 119 Å². The highest BCUT2D eigenvalue weighted by Gasteiger charge is 2.21.